The fraction of sp³-hybridized carbons (Fsp3) is 0.667. The third-order valence-corrected chi connectivity index (χ3v) is 2.25. The maximum absolute atomic E-state index is 5.48. The zero-order chi connectivity index (χ0) is 10.4. The van der Waals surface area contributed by atoms with Crippen molar-refractivity contribution >= 4 is 0 Å². The summed E-state index contributed by atoms with van der Waals surface area (Å²) in [5, 5.41) is 0. The minimum atomic E-state index is 0.151. The molecule has 0 aliphatic heterocycles. The van der Waals surface area contributed by atoms with Gasteiger partial charge in [-0.3, -0.25) is 11.3 Å². The quantitative estimate of drug-likeness (QED) is 0.393. The van der Waals surface area contributed by atoms with E-state index in [0.717, 1.165) is 25.1 Å². The van der Waals surface area contributed by atoms with Gasteiger partial charge < -0.3 is 9.30 Å². The molecule has 0 spiro atoms. The van der Waals surface area contributed by atoms with E-state index in [0.29, 0.717) is 0 Å². The first-order chi connectivity index (χ1) is 6.79. The molecule has 0 saturated heterocycles. The summed E-state index contributed by atoms with van der Waals surface area (Å²) in [6, 6.07) is 0.151. The molecular formula is C9H18N4O. The Morgan fingerprint density at radius 3 is 3.00 bits per heavy atom. The van der Waals surface area contributed by atoms with Crippen molar-refractivity contribution in [3.63, 3.8) is 0 Å². The van der Waals surface area contributed by atoms with E-state index in [4.69, 9.17) is 10.6 Å². The summed E-state index contributed by atoms with van der Waals surface area (Å²) < 4.78 is 6.96. The van der Waals surface area contributed by atoms with Crippen molar-refractivity contribution in [1.29, 1.82) is 0 Å². The average molecular weight is 198 g/mol. The molecule has 0 fully saturated rings. The number of imidazole rings is 1. The molecule has 1 atom stereocenters. The van der Waals surface area contributed by atoms with Gasteiger partial charge in [-0.15, -0.1) is 0 Å². The number of nitrogens with zero attached hydrogens (tertiary/aromatic N) is 2. The summed E-state index contributed by atoms with van der Waals surface area (Å²) >= 11 is 0. The van der Waals surface area contributed by atoms with Gasteiger partial charge in [0.05, 0.1) is 18.1 Å². The van der Waals surface area contributed by atoms with Crippen molar-refractivity contribution in [2.75, 3.05) is 13.7 Å². The molecule has 5 nitrogen and oxygen atoms in total. The number of hydrazine groups is 1. The molecule has 1 unspecified atom stereocenters. The average Bonchev–Trinajstić information content (AvgIpc) is 2.60. The molecular weight excluding hydrogens is 180 g/mol. The molecule has 0 aliphatic rings. The van der Waals surface area contributed by atoms with Crippen LogP contribution in [0.4, 0.5) is 0 Å². The number of methoxy groups -OCH3 is 1. The maximum atomic E-state index is 5.48. The first-order valence-electron chi connectivity index (χ1n) is 4.71. The molecule has 5 heteroatoms. The largest absolute Gasteiger partial charge is 0.385 e. The number of hydrogen-bond donors (Lipinski definition) is 2. The van der Waals surface area contributed by atoms with E-state index in [9.17, 15) is 0 Å². The smallest absolute Gasteiger partial charge is 0.0946 e. The van der Waals surface area contributed by atoms with Gasteiger partial charge in [-0.05, 0) is 12.8 Å². The molecule has 0 saturated carbocycles. The van der Waals surface area contributed by atoms with Gasteiger partial charge in [0.25, 0.3) is 0 Å². The Balaban J connectivity index is 2.50. The predicted octanol–water partition coefficient (Wildman–Crippen LogP) is 0.351. The Labute approximate surface area is 84.2 Å². The van der Waals surface area contributed by atoms with Crippen molar-refractivity contribution in [3.05, 3.63) is 18.2 Å². The third kappa shape index (κ3) is 2.80. The lowest BCUT2D eigenvalue weighted by molar-refractivity contribution is 0.188. The van der Waals surface area contributed by atoms with Gasteiger partial charge in [0, 0.05) is 27.0 Å². The van der Waals surface area contributed by atoms with E-state index < -0.39 is 0 Å². The highest BCUT2D eigenvalue weighted by Gasteiger charge is 2.12. The Morgan fingerprint density at radius 1 is 1.71 bits per heavy atom. The minimum absolute atomic E-state index is 0.151. The zero-order valence-electron chi connectivity index (χ0n) is 8.73. The van der Waals surface area contributed by atoms with Crippen molar-refractivity contribution in [2.24, 2.45) is 12.9 Å². The second-order valence-electron chi connectivity index (χ2n) is 3.28. The fourth-order valence-corrected chi connectivity index (χ4v) is 1.45. The highest BCUT2D eigenvalue weighted by molar-refractivity contribution is 5.04. The van der Waals surface area contributed by atoms with Gasteiger partial charge in [-0.25, -0.2) is 4.98 Å². The zero-order valence-corrected chi connectivity index (χ0v) is 8.73. The summed E-state index contributed by atoms with van der Waals surface area (Å²) in [5.41, 5.74) is 3.89. The number of aryl methyl sites for hydroxylation is 1. The molecule has 0 bridgehead atoms. The normalized spacial score (nSPS) is 13.1. The van der Waals surface area contributed by atoms with Crippen LogP contribution in [-0.2, 0) is 11.8 Å². The van der Waals surface area contributed by atoms with Crippen molar-refractivity contribution in [1.82, 2.24) is 15.0 Å². The molecule has 1 rings (SSSR count). The van der Waals surface area contributed by atoms with E-state index in [-0.39, 0.29) is 6.04 Å². The first-order valence-corrected chi connectivity index (χ1v) is 4.71. The highest BCUT2D eigenvalue weighted by Crippen LogP contribution is 2.15. The number of ether oxygens (including phenoxy) is 1. The highest BCUT2D eigenvalue weighted by atomic mass is 16.5. The Kier molecular flexibility index (Phi) is 4.58. The lowest BCUT2D eigenvalue weighted by Gasteiger charge is -2.15. The molecule has 80 valence electrons. The van der Waals surface area contributed by atoms with Crippen LogP contribution in [0.5, 0.6) is 0 Å². The topological polar surface area (TPSA) is 65.1 Å². The van der Waals surface area contributed by atoms with Crippen LogP contribution in [-0.4, -0.2) is 23.3 Å². The Morgan fingerprint density at radius 2 is 2.50 bits per heavy atom. The molecule has 0 aromatic carbocycles. The van der Waals surface area contributed by atoms with E-state index in [1.54, 1.807) is 13.4 Å². The van der Waals surface area contributed by atoms with E-state index in [1.165, 1.54) is 0 Å². The number of nitrogens with one attached hydrogen (secondary N) is 1. The predicted molar refractivity (Wildman–Crippen MR) is 54.4 cm³/mol. The van der Waals surface area contributed by atoms with Crippen LogP contribution in [0.1, 0.15) is 24.6 Å². The van der Waals surface area contributed by atoms with Gasteiger partial charge in [-0.2, -0.15) is 0 Å². The molecule has 1 aromatic heterocycles. The van der Waals surface area contributed by atoms with Crippen LogP contribution >= 0.6 is 0 Å². The molecule has 14 heavy (non-hydrogen) atoms. The van der Waals surface area contributed by atoms with Crippen LogP contribution in [0.15, 0.2) is 12.5 Å². The van der Waals surface area contributed by atoms with Crippen LogP contribution in [0.3, 0.4) is 0 Å². The minimum Gasteiger partial charge on any atom is -0.385 e. The van der Waals surface area contributed by atoms with Crippen molar-refractivity contribution in [2.45, 2.75) is 18.9 Å². The molecule has 0 aliphatic carbocycles. The van der Waals surface area contributed by atoms with Gasteiger partial charge in [0.15, 0.2) is 0 Å². The standard InChI is InChI=1S/C9H18N4O/c1-13-7-11-6-9(13)8(12-10)4-3-5-14-2/h6-8,12H,3-5,10H2,1-2H3. The number of rotatable bonds is 6. The second kappa shape index (κ2) is 5.74. The number of hydrogen-bond acceptors (Lipinski definition) is 4. The molecule has 1 aromatic rings. The van der Waals surface area contributed by atoms with E-state index >= 15 is 0 Å². The van der Waals surface area contributed by atoms with Gasteiger partial charge in [0.2, 0.25) is 0 Å². The lowest BCUT2D eigenvalue weighted by Crippen LogP contribution is -2.29. The summed E-state index contributed by atoms with van der Waals surface area (Å²) in [6.45, 7) is 0.760. The monoisotopic (exact) mass is 198 g/mol. The van der Waals surface area contributed by atoms with Crippen LogP contribution in [0, 0.1) is 0 Å². The van der Waals surface area contributed by atoms with Gasteiger partial charge in [-0.1, -0.05) is 0 Å². The molecule has 1 heterocycles. The fourth-order valence-electron chi connectivity index (χ4n) is 1.45. The summed E-state index contributed by atoms with van der Waals surface area (Å²) in [4.78, 5) is 4.05. The lowest BCUT2D eigenvalue weighted by atomic mass is 10.1. The summed E-state index contributed by atoms with van der Waals surface area (Å²) in [5.74, 6) is 5.48. The van der Waals surface area contributed by atoms with Gasteiger partial charge in [0.1, 0.15) is 0 Å². The maximum Gasteiger partial charge on any atom is 0.0946 e. The second-order valence-corrected chi connectivity index (χ2v) is 3.28. The summed E-state index contributed by atoms with van der Waals surface area (Å²) in [6.07, 6.45) is 5.54. The number of aromatic nitrogens is 2. The van der Waals surface area contributed by atoms with Crippen LogP contribution in [0.2, 0.25) is 0 Å². The molecule has 0 radical (unpaired) electrons. The summed E-state index contributed by atoms with van der Waals surface area (Å²) in [7, 11) is 3.66. The van der Waals surface area contributed by atoms with Crippen LogP contribution in [0.25, 0.3) is 0 Å². The van der Waals surface area contributed by atoms with E-state index in [2.05, 4.69) is 10.4 Å². The third-order valence-electron chi connectivity index (χ3n) is 2.25. The molecule has 0 amide bonds. The Hall–Kier alpha value is -0.910. The van der Waals surface area contributed by atoms with Crippen LogP contribution < -0.4 is 11.3 Å². The first kappa shape index (κ1) is 11.2. The molecule has 3 N–H and O–H groups in total. The van der Waals surface area contributed by atoms with Crippen molar-refractivity contribution in [3.8, 4) is 0 Å². The van der Waals surface area contributed by atoms with Gasteiger partial charge >= 0.3 is 0 Å². The van der Waals surface area contributed by atoms with E-state index in [1.807, 2.05) is 17.8 Å². The Bertz CT molecular complexity index is 261. The SMILES string of the molecule is COCCCC(NN)c1cncn1C. The number of nitrogens with two attached hydrogens (primary N) is 1. The van der Waals surface area contributed by atoms with Crippen molar-refractivity contribution < 1.29 is 4.74 Å².